The quantitative estimate of drug-likeness (QED) is 0.584. The minimum Gasteiger partial charge on any atom is -0.338 e. The zero-order valence-electron chi connectivity index (χ0n) is 10.8. The van der Waals surface area contributed by atoms with Crippen LogP contribution in [-0.2, 0) is 4.79 Å². The van der Waals surface area contributed by atoms with Crippen LogP contribution in [0.25, 0.3) is 0 Å². The first-order chi connectivity index (χ1) is 8.54. The first-order valence-corrected chi connectivity index (χ1v) is 7.20. The molecule has 1 aromatic carbocycles. The lowest BCUT2D eigenvalue weighted by Crippen LogP contribution is -2.33. The molecule has 18 heavy (non-hydrogen) atoms. The minimum atomic E-state index is 0.116. The van der Waals surface area contributed by atoms with Gasteiger partial charge in [-0.15, -0.1) is 11.8 Å². The number of hydrogen-bond acceptors (Lipinski definition) is 2. The number of benzene rings is 1. The van der Waals surface area contributed by atoms with E-state index in [9.17, 15) is 4.79 Å². The lowest BCUT2D eigenvalue weighted by atomic mass is 10.3. The molecule has 0 aliphatic rings. The Labute approximate surface area is 118 Å². The molecule has 0 saturated heterocycles. The molecule has 0 radical (unpaired) electrons. The highest BCUT2D eigenvalue weighted by Crippen LogP contribution is 2.26. The van der Waals surface area contributed by atoms with E-state index in [1.807, 2.05) is 38.1 Å². The van der Waals surface area contributed by atoms with Crippen molar-refractivity contribution in [3.63, 3.8) is 0 Å². The molecule has 1 rings (SSSR count). The van der Waals surface area contributed by atoms with Crippen LogP contribution in [0.3, 0.4) is 0 Å². The number of amides is 1. The first kappa shape index (κ1) is 15.1. The van der Waals surface area contributed by atoms with Crippen LogP contribution in [0.2, 0.25) is 5.02 Å². The van der Waals surface area contributed by atoms with E-state index in [1.165, 1.54) is 11.8 Å². The molecule has 0 aliphatic carbocycles. The summed E-state index contributed by atoms with van der Waals surface area (Å²) in [5, 5.41) is 0.693. The molecular formula is C14H18ClNOS. The molecule has 0 N–H and O–H groups in total. The highest BCUT2D eigenvalue weighted by Gasteiger charge is 2.12. The molecular weight excluding hydrogens is 266 g/mol. The molecule has 98 valence electrons. The van der Waals surface area contributed by atoms with Gasteiger partial charge in [-0.2, -0.15) is 0 Å². The smallest absolute Gasteiger partial charge is 0.233 e. The lowest BCUT2D eigenvalue weighted by Gasteiger charge is -2.20. The van der Waals surface area contributed by atoms with Gasteiger partial charge in [-0.25, -0.2) is 0 Å². The Bertz CT molecular complexity index is 434. The molecule has 4 heteroatoms. The molecule has 0 bridgehead atoms. The van der Waals surface area contributed by atoms with Crippen LogP contribution in [0, 0.1) is 0 Å². The van der Waals surface area contributed by atoms with Gasteiger partial charge in [-0.05, 0) is 26.0 Å². The van der Waals surface area contributed by atoms with Crippen molar-refractivity contribution in [1.29, 1.82) is 0 Å². The molecule has 1 aromatic rings. The van der Waals surface area contributed by atoms with Gasteiger partial charge in [-0.1, -0.05) is 35.9 Å². The monoisotopic (exact) mass is 283 g/mol. The van der Waals surface area contributed by atoms with Gasteiger partial charge in [0, 0.05) is 18.0 Å². The highest BCUT2D eigenvalue weighted by atomic mass is 35.5. The lowest BCUT2D eigenvalue weighted by molar-refractivity contribution is -0.127. The number of hydrogen-bond donors (Lipinski definition) is 0. The Hall–Kier alpha value is -0.930. The normalized spacial score (nSPS) is 10.2. The fourth-order valence-corrected chi connectivity index (χ4v) is 2.64. The van der Waals surface area contributed by atoms with Crippen LogP contribution >= 0.6 is 23.4 Å². The van der Waals surface area contributed by atoms with E-state index in [2.05, 4.69) is 6.58 Å². The third kappa shape index (κ3) is 4.75. The van der Waals surface area contributed by atoms with Gasteiger partial charge < -0.3 is 4.90 Å². The summed E-state index contributed by atoms with van der Waals surface area (Å²) in [7, 11) is 0. The summed E-state index contributed by atoms with van der Waals surface area (Å²) in [6.07, 6.45) is 0. The number of carbonyl (C=O) groups excluding carboxylic acids is 1. The van der Waals surface area contributed by atoms with Crippen LogP contribution in [0.15, 0.2) is 41.3 Å². The largest absolute Gasteiger partial charge is 0.338 e. The summed E-state index contributed by atoms with van der Waals surface area (Å²) in [5.41, 5.74) is 0.993. The van der Waals surface area contributed by atoms with Crippen LogP contribution in [0.1, 0.15) is 13.8 Å². The summed E-state index contributed by atoms with van der Waals surface area (Å²) < 4.78 is 0. The maximum absolute atomic E-state index is 12.0. The topological polar surface area (TPSA) is 20.3 Å². The third-order valence-corrected chi connectivity index (χ3v) is 3.88. The predicted octanol–water partition coefficient (Wildman–Crippen LogP) is 3.86. The van der Waals surface area contributed by atoms with E-state index in [0.717, 1.165) is 10.5 Å². The molecule has 0 saturated carbocycles. The maximum atomic E-state index is 12.0. The summed E-state index contributed by atoms with van der Waals surface area (Å²) >= 11 is 7.52. The van der Waals surface area contributed by atoms with E-state index < -0.39 is 0 Å². The zero-order valence-corrected chi connectivity index (χ0v) is 12.4. The van der Waals surface area contributed by atoms with Gasteiger partial charge in [0.05, 0.1) is 10.8 Å². The Morgan fingerprint density at radius 1 is 1.44 bits per heavy atom. The Morgan fingerprint density at radius 2 is 2.11 bits per heavy atom. The Kier molecular flexibility index (Phi) is 6.30. The van der Waals surface area contributed by atoms with Crippen LogP contribution < -0.4 is 0 Å². The maximum Gasteiger partial charge on any atom is 0.233 e. The zero-order chi connectivity index (χ0) is 13.5. The Morgan fingerprint density at radius 3 is 2.67 bits per heavy atom. The van der Waals surface area contributed by atoms with Crippen LogP contribution in [0.4, 0.5) is 0 Å². The van der Waals surface area contributed by atoms with E-state index >= 15 is 0 Å². The second-order valence-corrected chi connectivity index (χ2v) is 5.51. The molecule has 0 fully saturated rings. The van der Waals surface area contributed by atoms with Crippen molar-refractivity contribution in [3.05, 3.63) is 41.4 Å². The fourth-order valence-electron chi connectivity index (χ4n) is 1.49. The van der Waals surface area contributed by atoms with E-state index in [-0.39, 0.29) is 5.91 Å². The summed E-state index contributed by atoms with van der Waals surface area (Å²) in [5.74, 6) is 0.524. The van der Waals surface area contributed by atoms with Crippen molar-refractivity contribution in [2.24, 2.45) is 0 Å². The summed E-state index contributed by atoms with van der Waals surface area (Å²) in [6.45, 7) is 9.06. The van der Waals surface area contributed by atoms with Crippen molar-refractivity contribution in [2.45, 2.75) is 18.7 Å². The summed E-state index contributed by atoms with van der Waals surface area (Å²) in [6, 6.07) is 7.56. The number of thioether (sulfide) groups is 1. The van der Waals surface area contributed by atoms with Crippen molar-refractivity contribution < 1.29 is 4.79 Å². The molecule has 0 heterocycles. The van der Waals surface area contributed by atoms with E-state index in [0.29, 0.717) is 23.9 Å². The van der Waals surface area contributed by atoms with Gasteiger partial charge in [0.2, 0.25) is 5.91 Å². The van der Waals surface area contributed by atoms with Crippen molar-refractivity contribution in [2.75, 3.05) is 18.8 Å². The minimum absolute atomic E-state index is 0.116. The van der Waals surface area contributed by atoms with Gasteiger partial charge in [-0.3, -0.25) is 4.79 Å². The number of rotatable bonds is 6. The number of halogens is 1. The van der Waals surface area contributed by atoms with Crippen molar-refractivity contribution in [3.8, 4) is 0 Å². The number of nitrogens with zero attached hydrogens (tertiary/aromatic N) is 1. The standard InChI is InChI=1S/C14H18ClNOS/c1-4-16(9-11(2)3)14(17)10-18-13-8-6-5-7-12(13)15/h5-8H,2,4,9-10H2,1,3H3. The first-order valence-electron chi connectivity index (χ1n) is 5.84. The van der Waals surface area contributed by atoms with Crippen LogP contribution in [-0.4, -0.2) is 29.6 Å². The number of carbonyl (C=O) groups is 1. The second-order valence-electron chi connectivity index (χ2n) is 4.08. The molecule has 1 amide bonds. The fraction of sp³-hybridized carbons (Fsp3) is 0.357. The van der Waals surface area contributed by atoms with E-state index in [1.54, 1.807) is 4.90 Å². The molecule has 0 atom stereocenters. The van der Waals surface area contributed by atoms with E-state index in [4.69, 9.17) is 11.6 Å². The van der Waals surface area contributed by atoms with Gasteiger partial charge >= 0.3 is 0 Å². The molecule has 0 aliphatic heterocycles. The van der Waals surface area contributed by atoms with Gasteiger partial charge in [0.1, 0.15) is 0 Å². The second kappa shape index (κ2) is 7.49. The SMILES string of the molecule is C=C(C)CN(CC)C(=O)CSc1ccccc1Cl. The average Bonchev–Trinajstić information content (AvgIpc) is 2.34. The van der Waals surface area contributed by atoms with Crippen molar-refractivity contribution in [1.82, 2.24) is 4.90 Å². The molecule has 0 aromatic heterocycles. The molecule has 0 spiro atoms. The van der Waals surface area contributed by atoms with Crippen molar-refractivity contribution >= 4 is 29.3 Å². The molecule has 0 unspecified atom stereocenters. The molecule has 2 nitrogen and oxygen atoms in total. The van der Waals surface area contributed by atoms with Gasteiger partial charge in [0.25, 0.3) is 0 Å². The van der Waals surface area contributed by atoms with Crippen LogP contribution in [0.5, 0.6) is 0 Å². The third-order valence-electron chi connectivity index (χ3n) is 2.38. The number of likely N-dealkylation sites (N-methyl/N-ethyl adjacent to an activating group) is 1. The highest BCUT2D eigenvalue weighted by molar-refractivity contribution is 8.00. The van der Waals surface area contributed by atoms with Gasteiger partial charge in [0.15, 0.2) is 0 Å². The average molecular weight is 284 g/mol. The summed E-state index contributed by atoms with van der Waals surface area (Å²) in [4.78, 5) is 14.8. The Balaban J connectivity index is 2.54. The predicted molar refractivity (Wildman–Crippen MR) is 79.2 cm³/mol.